The Morgan fingerprint density at radius 1 is 1.36 bits per heavy atom. The van der Waals surface area contributed by atoms with Crippen molar-refractivity contribution in [3.05, 3.63) is 41.6 Å². The SMILES string of the molecule is C/C=C\c1[nH]c2ccccc2c1C#N. The van der Waals surface area contributed by atoms with Gasteiger partial charge in [0.05, 0.1) is 11.3 Å². The maximum absolute atomic E-state index is 9.03. The smallest absolute Gasteiger partial charge is 0.102 e. The van der Waals surface area contributed by atoms with E-state index in [1.165, 1.54) is 0 Å². The van der Waals surface area contributed by atoms with Crippen molar-refractivity contribution in [2.75, 3.05) is 0 Å². The summed E-state index contributed by atoms with van der Waals surface area (Å²) in [6, 6.07) is 10.1. The van der Waals surface area contributed by atoms with Crippen LogP contribution in [0.4, 0.5) is 0 Å². The lowest BCUT2D eigenvalue weighted by Gasteiger charge is -1.86. The monoisotopic (exact) mass is 182 g/mol. The fraction of sp³-hybridized carbons (Fsp3) is 0.0833. The molecule has 2 rings (SSSR count). The lowest BCUT2D eigenvalue weighted by molar-refractivity contribution is 1.40. The van der Waals surface area contributed by atoms with Gasteiger partial charge in [0.25, 0.3) is 0 Å². The predicted molar refractivity (Wildman–Crippen MR) is 57.7 cm³/mol. The van der Waals surface area contributed by atoms with Crippen LogP contribution in [-0.4, -0.2) is 4.98 Å². The Bertz CT molecular complexity index is 527. The first-order chi connectivity index (χ1) is 6.86. The maximum atomic E-state index is 9.03. The zero-order valence-electron chi connectivity index (χ0n) is 7.91. The molecule has 1 aromatic carbocycles. The number of nitrogens with one attached hydrogen (secondary N) is 1. The summed E-state index contributed by atoms with van der Waals surface area (Å²) >= 11 is 0. The minimum atomic E-state index is 0.721. The summed E-state index contributed by atoms with van der Waals surface area (Å²) in [5, 5.41) is 10.0. The molecule has 0 radical (unpaired) electrons. The summed E-state index contributed by atoms with van der Waals surface area (Å²) in [6.07, 6.45) is 3.84. The quantitative estimate of drug-likeness (QED) is 0.723. The van der Waals surface area contributed by atoms with Gasteiger partial charge in [0.2, 0.25) is 0 Å². The third-order valence-electron chi connectivity index (χ3n) is 2.18. The van der Waals surface area contributed by atoms with Crippen LogP contribution in [0.3, 0.4) is 0 Å². The Balaban J connectivity index is 2.80. The molecule has 2 aromatic rings. The molecule has 0 bridgehead atoms. The summed E-state index contributed by atoms with van der Waals surface area (Å²) in [5.74, 6) is 0. The third kappa shape index (κ3) is 1.20. The Labute approximate surface area is 82.5 Å². The minimum absolute atomic E-state index is 0.721. The molecule has 0 atom stereocenters. The van der Waals surface area contributed by atoms with E-state index in [0.29, 0.717) is 0 Å². The van der Waals surface area contributed by atoms with Crippen molar-refractivity contribution in [1.29, 1.82) is 5.26 Å². The third-order valence-corrected chi connectivity index (χ3v) is 2.18. The Hall–Kier alpha value is -2.01. The number of aromatic nitrogens is 1. The van der Waals surface area contributed by atoms with Crippen LogP contribution in [0.2, 0.25) is 0 Å². The van der Waals surface area contributed by atoms with Crippen LogP contribution < -0.4 is 0 Å². The largest absolute Gasteiger partial charge is 0.354 e. The molecule has 68 valence electrons. The van der Waals surface area contributed by atoms with Gasteiger partial charge < -0.3 is 4.98 Å². The van der Waals surface area contributed by atoms with Gasteiger partial charge in [-0.1, -0.05) is 24.3 Å². The molecule has 0 spiro atoms. The lowest BCUT2D eigenvalue weighted by atomic mass is 10.1. The van der Waals surface area contributed by atoms with Crippen LogP contribution in [-0.2, 0) is 0 Å². The van der Waals surface area contributed by atoms with Crippen molar-refractivity contribution in [1.82, 2.24) is 4.98 Å². The van der Waals surface area contributed by atoms with Gasteiger partial charge in [-0.05, 0) is 19.1 Å². The van der Waals surface area contributed by atoms with Crippen LogP contribution in [0.1, 0.15) is 18.2 Å². The number of rotatable bonds is 1. The normalized spacial score (nSPS) is 10.9. The zero-order chi connectivity index (χ0) is 9.97. The molecule has 0 unspecified atom stereocenters. The van der Waals surface area contributed by atoms with Gasteiger partial charge in [-0.25, -0.2) is 0 Å². The average Bonchev–Trinajstić information content (AvgIpc) is 2.55. The highest BCUT2D eigenvalue weighted by atomic mass is 14.7. The van der Waals surface area contributed by atoms with Crippen LogP contribution >= 0.6 is 0 Å². The maximum Gasteiger partial charge on any atom is 0.102 e. The molecule has 0 saturated carbocycles. The van der Waals surface area contributed by atoms with E-state index in [4.69, 9.17) is 5.26 Å². The van der Waals surface area contributed by atoms with E-state index in [9.17, 15) is 0 Å². The van der Waals surface area contributed by atoms with Crippen LogP contribution in [0.15, 0.2) is 30.3 Å². The van der Waals surface area contributed by atoms with Gasteiger partial charge >= 0.3 is 0 Å². The molecule has 2 nitrogen and oxygen atoms in total. The highest BCUT2D eigenvalue weighted by molar-refractivity contribution is 5.89. The van der Waals surface area contributed by atoms with Gasteiger partial charge in [0, 0.05) is 10.9 Å². The topological polar surface area (TPSA) is 39.6 Å². The summed E-state index contributed by atoms with van der Waals surface area (Å²) in [7, 11) is 0. The molecular formula is C12H10N2. The van der Waals surface area contributed by atoms with Crippen molar-refractivity contribution in [2.45, 2.75) is 6.92 Å². The van der Waals surface area contributed by atoms with E-state index in [1.807, 2.05) is 43.3 Å². The summed E-state index contributed by atoms with van der Waals surface area (Å²) in [4.78, 5) is 3.21. The molecule has 14 heavy (non-hydrogen) atoms. The molecule has 0 fully saturated rings. The van der Waals surface area contributed by atoms with E-state index in [-0.39, 0.29) is 0 Å². The fourth-order valence-electron chi connectivity index (χ4n) is 1.57. The Kier molecular flexibility index (Phi) is 2.08. The second kappa shape index (κ2) is 3.39. The first-order valence-corrected chi connectivity index (χ1v) is 4.50. The molecule has 0 amide bonds. The molecule has 0 aliphatic heterocycles. The first-order valence-electron chi connectivity index (χ1n) is 4.50. The van der Waals surface area contributed by atoms with Gasteiger partial charge in [0.1, 0.15) is 6.07 Å². The minimum Gasteiger partial charge on any atom is -0.354 e. The van der Waals surface area contributed by atoms with Crippen molar-refractivity contribution in [2.24, 2.45) is 0 Å². The van der Waals surface area contributed by atoms with Crippen molar-refractivity contribution < 1.29 is 0 Å². The number of H-pyrrole nitrogens is 1. The van der Waals surface area contributed by atoms with Gasteiger partial charge in [0.15, 0.2) is 0 Å². The standard InChI is InChI=1S/C12H10N2/c1-2-5-11-10(8-13)9-6-3-4-7-12(9)14-11/h2-7,14H,1H3/b5-2-. The Morgan fingerprint density at radius 3 is 2.86 bits per heavy atom. The second-order valence-electron chi connectivity index (χ2n) is 3.07. The molecule has 0 saturated heterocycles. The number of hydrogen-bond acceptors (Lipinski definition) is 1. The predicted octanol–water partition coefficient (Wildman–Crippen LogP) is 3.07. The van der Waals surface area contributed by atoms with Crippen LogP contribution in [0.25, 0.3) is 17.0 Å². The number of para-hydroxylation sites is 1. The number of nitrogens with zero attached hydrogens (tertiary/aromatic N) is 1. The number of allylic oxidation sites excluding steroid dienone is 1. The summed E-state index contributed by atoms with van der Waals surface area (Å²) < 4.78 is 0. The molecule has 1 N–H and O–H groups in total. The zero-order valence-corrected chi connectivity index (χ0v) is 7.91. The highest BCUT2D eigenvalue weighted by Gasteiger charge is 2.06. The summed E-state index contributed by atoms with van der Waals surface area (Å²) in [6.45, 7) is 1.94. The molecule has 1 heterocycles. The van der Waals surface area contributed by atoms with Gasteiger partial charge in [-0.15, -0.1) is 0 Å². The number of aromatic amines is 1. The highest BCUT2D eigenvalue weighted by Crippen LogP contribution is 2.22. The number of fused-ring (bicyclic) bond motifs is 1. The molecule has 2 heteroatoms. The molecule has 0 aliphatic carbocycles. The van der Waals surface area contributed by atoms with E-state index in [1.54, 1.807) is 0 Å². The van der Waals surface area contributed by atoms with Crippen LogP contribution in [0, 0.1) is 11.3 Å². The number of nitriles is 1. The van der Waals surface area contributed by atoms with Crippen LogP contribution in [0.5, 0.6) is 0 Å². The van der Waals surface area contributed by atoms with Crippen molar-refractivity contribution in [3.63, 3.8) is 0 Å². The Morgan fingerprint density at radius 2 is 2.14 bits per heavy atom. The molecule has 1 aromatic heterocycles. The second-order valence-corrected chi connectivity index (χ2v) is 3.07. The summed E-state index contributed by atoms with van der Waals surface area (Å²) in [5.41, 5.74) is 2.62. The van der Waals surface area contributed by atoms with Crippen molar-refractivity contribution >= 4 is 17.0 Å². The van der Waals surface area contributed by atoms with Gasteiger partial charge in [-0.3, -0.25) is 0 Å². The molecule has 0 aliphatic rings. The lowest BCUT2D eigenvalue weighted by Crippen LogP contribution is -1.75. The fourth-order valence-corrected chi connectivity index (χ4v) is 1.57. The van der Waals surface area contributed by atoms with E-state index >= 15 is 0 Å². The average molecular weight is 182 g/mol. The molecular weight excluding hydrogens is 172 g/mol. The van der Waals surface area contributed by atoms with E-state index < -0.39 is 0 Å². The van der Waals surface area contributed by atoms with E-state index in [0.717, 1.165) is 22.2 Å². The van der Waals surface area contributed by atoms with Gasteiger partial charge in [-0.2, -0.15) is 5.26 Å². The van der Waals surface area contributed by atoms with Crippen molar-refractivity contribution in [3.8, 4) is 6.07 Å². The number of hydrogen-bond donors (Lipinski definition) is 1. The number of benzene rings is 1. The first kappa shape index (κ1) is 8.58. The van der Waals surface area contributed by atoms with E-state index in [2.05, 4.69) is 11.1 Å².